The number of phenols is 2. The van der Waals surface area contributed by atoms with E-state index in [-0.39, 0.29) is 22.9 Å². The van der Waals surface area contributed by atoms with Gasteiger partial charge in [-0.2, -0.15) is 0 Å². The van der Waals surface area contributed by atoms with E-state index in [9.17, 15) is 15.0 Å². The van der Waals surface area contributed by atoms with Crippen molar-refractivity contribution in [2.24, 2.45) is 5.73 Å². The van der Waals surface area contributed by atoms with Gasteiger partial charge in [-0.1, -0.05) is 18.5 Å². The van der Waals surface area contributed by atoms with Crippen LogP contribution >= 0.6 is 11.6 Å². The van der Waals surface area contributed by atoms with Gasteiger partial charge in [-0.25, -0.2) is 0 Å². The molecular weight excluding hydrogens is 258 g/mol. The zero-order valence-electron chi connectivity index (χ0n) is 10.0. The Hall–Kier alpha value is -1.46. The predicted molar refractivity (Wildman–Crippen MR) is 67.7 cm³/mol. The molecule has 0 spiro atoms. The van der Waals surface area contributed by atoms with Crippen LogP contribution in [0.3, 0.4) is 0 Å². The summed E-state index contributed by atoms with van der Waals surface area (Å²) in [6, 6.07) is 1.60. The second-order valence-electron chi connectivity index (χ2n) is 3.91. The maximum atomic E-state index is 11.5. The highest BCUT2D eigenvalue weighted by Crippen LogP contribution is 2.31. The van der Waals surface area contributed by atoms with Crippen molar-refractivity contribution in [2.75, 3.05) is 6.61 Å². The average molecular weight is 274 g/mol. The first kappa shape index (κ1) is 14.6. The first-order valence-corrected chi connectivity index (χ1v) is 5.96. The maximum absolute atomic E-state index is 11.5. The summed E-state index contributed by atoms with van der Waals surface area (Å²) in [4.78, 5) is 11.5. The summed E-state index contributed by atoms with van der Waals surface area (Å²) in [6.07, 6.45) is 0.782. The van der Waals surface area contributed by atoms with Crippen LogP contribution in [0.5, 0.6) is 11.5 Å². The molecule has 1 atom stereocenters. The highest BCUT2D eigenvalue weighted by atomic mass is 35.5. The molecule has 0 amide bonds. The number of esters is 1. The summed E-state index contributed by atoms with van der Waals surface area (Å²) in [5.74, 6) is -0.819. The van der Waals surface area contributed by atoms with E-state index in [2.05, 4.69) is 0 Å². The highest BCUT2D eigenvalue weighted by Gasteiger charge is 2.18. The van der Waals surface area contributed by atoms with E-state index in [1.807, 2.05) is 6.92 Å². The molecule has 1 rings (SSSR count). The van der Waals surface area contributed by atoms with Crippen molar-refractivity contribution in [1.82, 2.24) is 0 Å². The fourth-order valence-electron chi connectivity index (χ4n) is 1.39. The summed E-state index contributed by atoms with van der Waals surface area (Å²) in [5.41, 5.74) is 5.99. The zero-order valence-corrected chi connectivity index (χ0v) is 10.8. The Balaban J connectivity index is 2.72. The quantitative estimate of drug-likeness (QED) is 0.559. The van der Waals surface area contributed by atoms with E-state index < -0.39 is 12.0 Å². The van der Waals surface area contributed by atoms with E-state index in [1.165, 1.54) is 12.1 Å². The third-order valence-corrected chi connectivity index (χ3v) is 2.64. The molecule has 0 aromatic heterocycles. The molecule has 0 saturated carbocycles. The van der Waals surface area contributed by atoms with Gasteiger partial charge in [-0.3, -0.25) is 4.79 Å². The molecule has 4 N–H and O–H groups in total. The predicted octanol–water partition coefficient (Wildman–Crippen LogP) is 1.57. The minimum atomic E-state index is -0.886. The van der Waals surface area contributed by atoms with E-state index in [4.69, 9.17) is 22.1 Å². The first-order chi connectivity index (χ1) is 8.45. The lowest BCUT2D eigenvalue weighted by molar-refractivity contribution is -0.145. The molecule has 0 aliphatic heterocycles. The number of aromatic hydroxyl groups is 2. The monoisotopic (exact) mass is 273 g/mol. The van der Waals surface area contributed by atoms with Crippen molar-refractivity contribution in [3.8, 4) is 11.5 Å². The van der Waals surface area contributed by atoms with Crippen molar-refractivity contribution in [3.63, 3.8) is 0 Å². The molecule has 100 valence electrons. The van der Waals surface area contributed by atoms with Gasteiger partial charge in [0.25, 0.3) is 0 Å². The summed E-state index contributed by atoms with van der Waals surface area (Å²) in [5, 5.41) is 19.1. The van der Waals surface area contributed by atoms with Crippen LogP contribution in [-0.2, 0) is 16.0 Å². The number of carbonyl (C=O) groups is 1. The number of hydrogen-bond acceptors (Lipinski definition) is 5. The number of phenolic OH excluding ortho intramolecular Hbond substituents is 2. The van der Waals surface area contributed by atoms with Crippen LogP contribution in [0.25, 0.3) is 0 Å². The summed E-state index contributed by atoms with van der Waals surface area (Å²) in [6.45, 7) is 2.19. The second-order valence-corrected chi connectivity index (χ2v) is 4.32. The second kappa shape index (κ2) is 6.47. The van der Waals surface area contributed by atoms with E-state index in [0.29, 0.717) is 18.6 Å². The van der Waals surface area contributed by atoms with Gasteiger partial charge in [-0.15, -0.1) is 0 Å². The van der Waals surface area contributed by atoms with Crippen LogP contribution in [0.2, 0.25) is 5.02 Å². The topological polar surface area (TPSA) is 92.8 Å². The Morgan fingerprint density at radius 2 is 2.11 bits per heavy atom. The summed E-state index contributed by atoms with van der Waals surface area (Å²) in [7, 11) is 0. The molecular formula is C12H16ClNO4. The fourth-order valence-corrected chi connectivity index (χ4v) is 1.55. The third kappa shape index (κ3) is 3.78. The van der Waals surface area contributed by atoms with Crippen molar-refractivity contribution >= 4 is 17.6 Å². The largest absolute Gasteiger partial charge is 0.508 e. The number of nitrogens with two attached hydrogens (primary N) is 1. The Morgan fingerprint density at radius 3 is 2.72 bits per heavy atom. The van der Waals surface area contributed by atoms with Crippen molar-refractivity contribution in [2.45, 2.75) is 25.8 Å². The Morgan fingerprint density at radius 1 is 1.44 bits per heavy atom. The molecule has 1 aromatic carbocycles. The number of halogens is 1. The molecule has 5 nitrogen and oxygen atoms in total. The van der Waals surface area contributed by atoms with Gasteiger partial charge in [0.05, 0.1) is 11.6 Å². The maximum Gasteiger partial charge on any atom is 0.323 e. The molecule has 1 aromatic rings. The van der Waals surface area contributed by atoms with Crippen LogP contribution in [0.4, 0.5) is 0 Å². The van der Waals surface area contributed by atoms with E-state index in [1.54, 1.807) is 0 Å². The van der Waals surface area contributed by atoms with Gasteiger partial charge in [0.1, 0.15) is 17.5 Å². The number of carbonyl (C=O) groups excluding carboxylic acids is 1. The first-order valence-electron chi connectivity index (χ1n) is 5.58. The van der Waals surface area contributed by atoms with Gasteiger partial charge in [0.15, 0.2) is 0 Å². The SMILES string of the molecule is CCCOC(=O)[C@@H](N)Cc1cc(O)c(Cl)cc1O. The van der Waals surface area contributed by atoms with Crippen LogP contribution < -0.4 is 5.73 Å². The van der Waals surface area contributed by atoms with Crippen LogP contribution in [0.1, 0.15) is 18.9 Å². The molecule has 0 unspecified atom stereocenters. The molecule has 0 heterocycles. The number of hydrogen-bond donors (Lipinski definition) is 3. The fraction of sp³-hybridized carbons (Fsp3) is 0.417. The lowest BCUT2D eigenvalue weighted by Gasteiger charge is -2.12. The summed E-state index contributed by atoms with van der Waals surface area (Å²) >= 11 is 5.62. The third-order valence-electron chi connectivity index (χ3n) is 2.34. The molecule has 0 aliphatic carbocycles. The Kier molecular flexibility index (Phi) is 5.25. The molecule has 18 heavy (non-hydrogen) atoms. The molecule has 0 aliphatic rings. The summed E-state index contributed by atoms with van der Waals surface area (Å²) < 4.78 is 4.88. The number of benzene rings is 1. The minimum Gasteiger partial charge on any atom is -0.508 e. The molecule has 0 saturated heterocycles. The highest BCUT2D eigenvalue weighted by molar-refractivity contribution is 6.32. The van der Waals surface area contributed by atoms with Gasteiger partial charge in [0.2, 0.25) is 0 Å². The smallest absolute Gasteiger partial charge is 0.323 e. The van der Waals surface area contributed by atoms with Gasteiger partial charge >= 0.3 is 5.97 Å². The number of ether oxygens (including phenoxy) is 1. The Labute approximate surface area is 110 Å². The van der Waals surface area contributed by atoms with Crippen molar-refractivity contribution in [3.05, 3.63) is 22.7 Å². The average Bonchev–Trinajstić information content (AvgIpc) is 2.32. The van der Waals surface area contributed by atoms with E-state index >= 15 is 0 Å². The molecule has 6 heteroatoms. The van der Waals surface area contributed by atoms with Crippen LogP contribution in [-0.4, -0.2) is 28.8 Å². The number of rotatable bonds is 5. The lowest BCUT2D eigenvalue weighted by atomic mass is 10.1. The molecule has 0 bridgehead atoms. The van der Waals surface area contributed by atoms with Gasteiger partial charge < -0.3 is 20.7 Å². The van der Waals surface area contributed by atoms with Gasteiger partial charge in [-0.05, 0) is 18.1 Å². The van der Waals surface area contributed by atoms with Crippen LogP contribution in [0, 0.1) is 0 Å². The van der Waals surface area contributed by atoms with Crippen LogP contribution in [0.15, 0.2) is 12.1 Å². The standard InChI is InChI=1S/C12H16ClNO4/c1-2-3-18-12(17)9(14)4-7-5-11(16)8(13)6-10(7)15/h5-6,9,15-16H,2-4,14H2,1H3/t9-/m0/s1. The van der Waals surface area contributed by atoms with Crippen molar-refractivity contribution < 1.29 is 19.7 Å². The molecule has 0 fully saturated rings. The minimum absolute atomic E-state index is 0.0402. The Bertz CT molecular complexity index is 436. The van der Waals surface area contributed by atoms with E-state index in [0.717, 1.165) is 0 Å². The lowest BCUT2D eigenvalue weighted by Crippen LogP contribution is -2.34. The van der Waals surface area contributed by atoms with Gasteiger partial charge in [0, 0.05) is 12.5 Å². The zero-order chi connectivity index (χ0) is 13.7. The normalized spacial score (nSPS) is 12.2. The molecule has 0 radical (unpaired) electrons. The van der Waals surface area contributed by atoms with Crippen molar-refractivity contribution in [1.29, 1.82) is 0 Å².